The van der Waals surface area contributed by atoms with Gasteiger partial charge in [-0.25, -0.2) is 5.43 Å². The van der Waals surface area contributed by atoms with Crippen LogP contribution in [0.25, 0.3) is 0 Å². The highest BCUT2D eigenvalue weighted by atomic mass is 35.5. The molecule has 0 spiro atoms. The van der Waals surface area contributed by atoms with Crippen molar-refractivity contribution in [1.29, 1.82) is 0 Å². The molecule has 0 saturated heterocycles. The minimum Gasteiger partial charge on any atom is -0.392 e. The second-order valence-corrected chi connectivity index (χ2v) is 10.9. The van der Waals surface area contributed by atoms with Gasteiger partial charge in [0.25, 0.3) is 11.8 Å². The lowest BCUT2D eigenvalue weighted by atomic mass is 10.1. The number of aryl methyl sites for hydroxylation is 1. The highest BCUT2D eigenvalue weighted by molar-refractivity contribution is 7.15. The van der Waals surface area contributed by atoms with Crippen molar-refractivity contribution < 1.29 is 33.0 Å². The molecule has 2 amide bonds. The first-order valence-electron chi connectivity index (χ1n) is 12.5. The van der Waals surface area contributed by atoms with Gasteiger partial charge in [-0.2, -0.15) is 18.3 Å². The molecular weight excluding hydrogens is 581 g/mol. The Labute approximate surface area is 244 Å². The topological polar surface area (TPSA) is 114 Å². The summed E-state index contributed by atoms with van der Waals surface area (Å²) in [6.45, 7) is 6.08. The van der Waals surface area contributed by atoms with Gasteiger partial charge < -0.3 is 15.5 Å². The fraction of sp³-hybridized carbons (Fsp3) is 0.321. The number of alkyl halides is 3. The zero-order valence-corrected chi connectivity index (χ0v) is 24.1. The third kappa shape index (κ3) is 9.37. The van der Waals surface area contributed by atoms with Crippen molar-refractivity contribution in [2.75, 3.05) is 18.4 Å². The predicted molar refractivity (Wildman–Crippen MR) is 154 cm³/mol. The molecule has 13 heteroatoms. The summed E-state index contributed by atoms with van der Waals surface area (Å²) in [6.07, 6.45) is -4.77. The van der Waals surface area contributed by atoms with Gasteiger partial charge >= 0.3 is 6.18 Å². The zero-order chi connectivity index (χ0) is 30.3. The SMILES string of the molecule is Cc1csc(NC(=O)c2cccc(CN(CC(C)O)CC(C)O)c2)c1C(=O)NN=Cc1ccc(Cl)c(C(F)(F)F)c1. The molecule has 3 aromatic rings. The van der Waals surface area contributed by atoms with Crippen LogP contribution in [0.2, 0.25) is 5.02 Å². The lowest BCUT2D eigenvalue weighted by Gasteiger charge is -2.25. The summed E-state index contributed by atoms with van der Waals surface area (Å²) in [6, 6.07) is 10.1. The zero-order valence-electron chi connectivity index (χ0n) is 22.5. The fourth-order valence-electron chi connectivity index (χ4n) is 4.08. The Balaban J connectivity index is 1.71. The van der Waals surface area contributed by atoms with Gasteiger partial charge in [0.15, 0.2) is 0 Å². The molecule has 2 aromatic carbocycles. The van der Waals surface area contributed by atoms with E-state index in [1.165, 1.54) is 6.07 Å². The lowest BCUT2D eigenvalue weighted by Crippen LogP contribution is -2.35. The number of anilines is 1. The normalized spacial score (nSPS) is 13.4. The van der Waals surface area contributed by atoms with E-state index in [1.54, 1.807) is 44.4 Å². The number of carbonyl (C=O) groups is 2. The third-order valence-corrected chi connectivity index (χ3v) is 7.09. The smallest absolute Gasteiger partial charge is 0.392 e. The molecule has 0 aliphatic rings. The van der Waals surface area contributed by atoms with Gasteiger partial charge in [-0.05, 0) is 67.1 Å². The van der Waals surface area contributed by atoms with Crippen LogP contribution in [0.15, 0.2) is 52.9 Å². The number of hydrazone groups is 1. The Kier molecular flexibility index (Phi) is 11.0. The molecule has 0 bridgehead atoms. The maximum absolute atomic E-state index is 13.1. The number of rotatable bonds is 11. The van der Waals surface area contributed by atoms with Crippen LogP contribution in [-0.4, -0.2) is 58.4 Å². The van der Waals surface area contributed by atoms with Gasteiger partial charge in [-0.3, -0.25) is 14.5 Å². The number of amides is 2. The number of aliphatic hydroxyl groups is 2. The molecule has 2 unspecified atom stereocenters. The van der Waals surface area contributed by atoms with Gasteiger partial charge in [0, 0.05) is 25.2 Å². The van der Waals surface area contributed by atoms with Crippen LogP contribution in [0.4, 0.5) is 18.2 Å². The van der Waals surface area contributed by atoms with Crippen molar-refractivity contribution in [3.63, 3.8) is 0 Å². The molecule has 220 valence electrons. The summed E-state index contributed by atoms with van der Waals surface area (Å²) in [4.78, 5) is 27.8. The molecule has 0 aliphatic heterocycles. The van der Waals surface area contributed by atoms with Gasteiger partial charge in [0.2, 0.25) is 0 Å². The number of hydrogen-bond donors (Lipinski definition) is 4. The van der Waals surface area contributed by atoms with E-state index in [2.05, 4.69) is 15.8 Å². The van der Waals surface area contributed by atoms with Crippen molar-refractivity contribution in [1.82, 2.24) is 10.3 Å². The van der Waals surface area contributed by atoms with E-state index in [4.69, 9.17) is 11.6 Å². The molecule has 8 nitrogen and oxygen atoms in total. The molecule has 0 aliphatic carbocycles. The number of benzene rings is 2. The van der Waals surface area contributed by atoms with E-state index in [9.17, 15) is 33.0 Å². The Morgan fingerprint density at radius 1 is 1.10 bits per heavy atom. The maximum atomic E-state index is 13.1. The van der Waals surface area contributed by atoms with Crippen LogP contribution >= 0.6 is 22.9 Å². The highest BCUT2D eigenvalue weighted by Gasteiger charge is 2.33. The Morgan fingerprint density at radius 2 is 1.78 bits per heavy atom. The number of nitrogens with zero attached hydrogens (tertiary/aromatic N) is 2. The minimum atomic E-state index is -4.64. The van der Waals surface area contributed by atoms with E-state index < -0.39 is 40.8 Å². The molecule has 0 fully saturated rings. The first kappa shape index (κ1) is 32.2. The van der Waals surface area contributed by atoms with Crippen molar-refractivity contribution in [2.24, 2.45) is 5.10 Å². The van der Waals surface area contributed by atoms with E-state index in [1.807, 2.05) is 11.0 Å². The molecule has 3 rings (SSSR count). The molecule has 41 heavy (non-hydrogen) atoms. The van der Waals surface area contributed by atoms with E-state index in [-0.39, 0.29) is 16.1 Å². The lowest BCUT2D eigenvalue weighted by molar-refractivity contribution is -0.137. The summed E-state index contributed by atoms with van der Waals surface area (Å²) in [7, 11) is 0. The van der Waals surface area contributed by atoms with E-state index in [0.717, 1.165) is 35.2 Å². The molecule has 2 atom stereocenters. The van der Waals surface area contributed by atoms with Gasteiger partial charge in [0.1, 0.15) is 5.00 Å². The summed E-state index contributed by atoms with van der Waals surface area (Å²) in [5.41, 5.74) is 3.23. The largest absolute Gasteiger partial charge is 0.417 e. The maximum Gasteiger partial charge on any atom is 0.417 e. The second kappa shape index (κ2) is 14.1. The van der Waals surface area contributed by atoms with Crippen molar-refractivity contribution in [3.05, 3.63) is 86.2 Å². The molecule has 1 aromatic heterocycles. The summed E-state index contributed by atoms with van der Waals surface area (Å²) in [5, 5.41) is 27.6. The number of halogens is 4. The molecule has 4 N–H and O–H groups in total. The average molecular weight is 611 g/mol. The number of carbonyl (C=O) groups excluding carboxylic acids is 2. The van der Waals surface area contributed by atoms with E-state index in [0.29, 0.717) is 30.8 Å². The monoisotopic (exact) mass is 610 g/mol. The number of nitrogens with one attached hydrogen (secondary N) is 2. The van der Waals surface area contributed by atoms with Crippen LogP contribution in [-0.2, 0) is 12.7 Å². The fourth-order valence-corrected chi connectivity index (χ4v) is 5.24. The average Bonchev–Trinajstić information content (AvgIpc) is 3.23. The van der Waals surface area contributed by atoms with Crippen molar-refractivity contribution >= 4 is 46.0 Å². The van der Waals surface area contributed by atoms with Crippen LogP contribution in [0, 0.1) is 6.92 Å². The summed E-state index contributed by atoms with van der Waals surface area (Å²) >= 11 is 6.78. The first-order valence-corrected chi connectivity index (χ1v) is 13.8. The van der Waals surface area contributed by atoms with Crippen LogP contribution in [0.1, 0.15) is 56.8 Å². The minimum absolute atomic E-state index is 0.0814. The Morgan fingerprint density at radius 3 is 2.41 bits per heavy atom. The van der Waals surface area contributed by atoms with E-state index >= 15 is 0 Å². The second-order valence-electron chi connectivity index (χ2n) is 9.61. The molecular formula is C28H30ClF3N4O4S. The Hall–Kier alpha value is -3.29. The van der Waals surface area contributed by atoms with Gasteiger partial charge in [-0.15, -0.1) is 11.3 Å². The third-order valence-electron chi connectivity index (χ3n) is 5.74. The standard InChI is InChI=1S/C28H30ClF3N4O4S/c1-16-15-41-27(24(16)26(40)35-33-11-19-7-8-23(29)22(10-19)28(30,31)32)34-25(39)21-6-4-5-20(9-21)14-36(12-17(2)37)13-18(3)38/h4-11,15,17-18,37-38H,12-14H2,1-3H3,(H,34,39)(H,35,40). The summed E-state index contributed by atoms with van der Waals surface area (Å²) < 4.78 is 39.3. The van der Waals surface area contributed by atoms with Crippen LogP contribution in [0.3, 0.4) is 0 Å². The van der Waals surface area contributed by atoms with Gasteiger partial charge in [0.05, 0.1) is 34.6 Å². The van der Waals surface area contributed by atoms with Crippen LogP contribution in [0.5, 0.6) is 0 Å². The molecule has 0 radical (unpaired) electrons. The Bertz CT molecular complexity index is 1400. The van der Waals surface area contributed by atoms with Gasteiger partial charge in [-0.1, -0.05) is 29.8 Å². The van der Waals surface area contributed by atoms with Crippen molar-refractivity contribution in [2.45, 2.75) is 45.7 Å². The number of aliphatic hydroxyl groups excluding tert-OH is 2. The molecule has 0 saturated carbocycles. The first-order chi connectivity index (χ1) is 19.2. The summed E-state index contributed by atoms with van der Waals surface area (Å²) in [5.74, 6) is -1.11. The van der Waals surface area contributed by atoms with Crippen LogP contribution < -0.4 is 10.7 Å². The van der Waals surface area contributed by atoms with Crippen molar-refractivity contribution in [3.8, 4) is 0 Å². The molecule has 1 heterocycles. The number of hydrogen-bond acceptors (Lipinski definition) is 7. The number of thiophene rings is 1. The highest BCUT2D eigenvalue weighted by Crippen LogP contribution is 2.35. The quantitative estimate of drug-likeness (QED) is 0.174. The predicted octanol–water partition coefficient (Wildman–Crippen LogP) is 5.31.